The van der Waals surface area contributed by atoms with Gasteiger partial charge in [0.25, 0.3) is 0 Å². The van der Waals surface area contributed by atoms with Crippen molar-refractivity contribution in [2.75, 3.05) is 0 Å². The van der Waals surface area contributed by atoms with E-state index in [0.29, 0.717) is 12.3 Å². The van der Waals surface area contributed by atoms with Crippen LogP contribution in [0.3, 0.4) is 0 Å². The van der Waals surface area contributed by atoms with Crippen LogP contribution in [-0.2, 0) is 9.53 Å². The van der Waals surface area contributed by atoms with E-state index in [1.54, 1.807) is 0 Å². The third-order valence-electron chi connectivity index (χ3n) is 6.69. The van der Waals surface area contributed by atoms with Crippen molar-refractivity contribution >= 4 is 5.97 Å². The zero-order chi connectivity index (χ0) is 17.9. The Balaban J connectivity index is 1.50. The summed E-state index contributed by atoms with van der Waals surface area (Å²) < 4.78 is 5.64. The van der Waals surface area contributed by atoms with Gasteiger partial charge in [0.2, 0.25) is 0 Å². The van der Waals surface area contributed by atoms with Crippen LogP contribution < -0.4 is 0 Å². The topological polar surface area (TPSA) is 26.3 Å². The molecule has 2 heteroatoms. The van der Waals surface area contributed by atoms with Gasteiger partial charge in [-0.15, -0.1) is 0 Å². The quantitative estimate of drug-likeness (QED) is 0.394. The van der Waals surface area contributed by atoms with E-state index in [4.69, 9.17) is 4.74 Å². The molecular weight excluding hydrogens is 308 g/mol. The Morgan fingerprint density at radius 2 is 1.56 bits per heavy atom. The summed E-state index contributed by atoms with van der Waals surface area (Å²) in [4.78, 5) is 12.0. The summed E-state index contributed by atoms with van der Waals surface area (Å²) >= 11 is 0. The molecule has 2 rings (SSSR count). The molecule has 0 bridgehead atoms. The average Bonchev–Trinajstić information content (AvgIpc) is 2.64. The zero-order valence-corrected chi connectivity index (χ0v) is 16.9. The van der Waals surface area contributed by atoms with Crippen LogP contribution in [0.2, 0.25) is 0 Å². The number of ether oxygens (including phenoxy) is 1. The van der Waals surface area contributed by atoms with E-state index < -0.39 is 0 Å². The highest BCUT2D eigenvalue weighted by Gasteiger charge is 2.22. The van der Waals surface area contributed by atoms with Gasteiger partial charge >= 0.3 is 5.97 Å². The first-order chi connectivity index (χ1) is 12.2. The molecule has 0 N–H and O–H groups in total. The SMILES string of the molecule is CCCC[C@H]1CC[C@H](CCC(C)CCC(=O)OC2CCCCC2)CC1. The molecule has 0 amide bonds. The van der Waals surface area contributed by atoms with Gasteiger partial charge in [-0.25, -0.2) is 0 Å². The molecule has 0 aliphatic heterocycles. The maximum atomic E-state index is 12.0. The lowest BCUT2D eigenvalue weighted by Gasteiger charge is -2.29. The van der Waals surface area contributed by atoms with E-state index in [9.17, 15) is 4.79 Å². The van der Waals surface area contributed by atoms with Gasteiger partial charge in [-0.2, -0.15) is 0 Å². The molecule has 2 fully saturated rings. The van der Waals surface area contributed by atoms with Crippen LogP contribution in [0, 0.1) is 17.8 Å². The summed E-state index contributed by atoms with van der Waals surface area (Å²) in [5, 5.41) is 0. The molecule has 146 valence electrons. The van der Waals surface area contributed by atoms with E-state index in [0.717, 1.165) is 31.1 Å². The first-order valence-corrected chi connectivity index (χ1v) is 11.4. The molecule has 2 aliphatic rings. The molecule has 0 saturated heterocycles. The number of hydrogen-bond donors (Lipinski definition) is 0. The van der Waals surface area contributed by atoms with E-state index in [1.807, 2.05) is 0 Å². The third-order valence-corrected chi connectivity index (χ3v) is 6.69. The smallest absolute Gasteiger partial charge is 0.306 e. The van der Waals surface area contributed by atoms with Gasteiger partial charge in [0.15, 0.2) is 0 Å². The van der Waals surface area contributed by atoms with Gasteiger partial charge < -0.3 is 4.74 Å². The van der Waals surface area contributed by atoms with Crippen molar-refractivity contribution in [3.8, 4) is 0 Å². The van der Waals surface area contributed by atoms with E-state index in [-0.39, 0.29) is 12.1 Å². The lowest BCUT2D eigenvalue weighted by molar-refractivity contribution is -0.150. The van der Waals surface area contributed by atoms with Crippen molar-refractivity contribution in [1.29, 1.82) is 0 Å². The van der Waals surface area contributed by atoms with E-state index in [1.165, 1.54) is 77.0 Å². The van der Waals surface area contributed by atoms with Crippen molar-refractivity contribution in [2.24, 2.45) is 17.8 Å². The van der Waals surface area contributed by atoms with Gasteiger partial charge in [-0.1, -0.05) is 78.1 Å². The van der Waals surface area contributed by atoms with E-state index in [2.05, 4.69) is 13.8 Å². The standard InChI is InChI=1S/C23H42O2/c1-3-4-8-20-14-16-21(17-15-20)13-11-19(2)12-18-23(24)25-22-9-6-5-7-10-22/h19-22H,3-18H2,1-2H3/t19?,20-,21-. The number of carbonyl (C=O) groups is 1. The van der Waals surface area contributed by atoms with Crippen LogP contribution in [0.15, 0.2) is 0 Å². The van der Waals surface area contributed by atoms with Crippen LogP contribution in [0.1, 0.15) is 117 Å². The Kier molecular flexibility index (Phi) is 9.94. The number of hydrogen-bond acceptors (Lipinski definition) is 2. The minimum absolute atomic E-state index is 0.0511. The number of esters is 1. The van der Waals surface area contributed by atoms with Crippen molar-refractivity contribution in [3.05, 3.63) is 0 Å². The van der Waals surface area contributed by atoms with Gasteiger partial charge in [0.1, 0.15) is 6.10 Å². The highest BCUT2D eigenvalue weighted by atomic mass is 16.5. The molecule has 0 aromatic carbocycles. The van der Waals surface area contributed by atoms with Gasteiger partial charge in [-0.3, -0.25) is 4.79 Å². The average molecular weight is 351 g/mol. The van der Waals surface area contributed by atoms with Crippen LogP contribution in [0.4, 0.5) is 0 Å². The van der Waals surface area contributed by atoms with Crippen molar-refractivity contribution < 1.29 is 9.53 Å². The van der Waals surface area contributed by atoms with Gasteiger partial charge in [0.05, 0.1) is 0 Å². The number of unbranched alkanes of at least 4 members (excludes halogenated alkanes) is 1. The predicted molar refractivity (Wildman–Crippen MR) is 106 cm³/mol. The summed E-state index contributed by atoms with van der Waals surface area (Å²) in [6.07, 6.45) is 20.5. The molecule has 0 heterocycles. The van der Waals surface area contributed by atoms with Crippen molar-refractivity contribution in [1.82, 2.24) is 0 Å². The lowest BCUT2D eigenvalue weighted by atomic mass is 9.77. The Morgan fingerprint density at radius 1 is 0.920 bits per heavy atom. The molecule has 2 saturated carbocycles. The zero-order valence-electron chi connectivity index (χ0n) is 16.9. The fourth-order valence-electron chi connectivity index (χ4n) is 4.76. The van der Waals surface area contributed by atoms with Gasteiger partial charge in [-0.05, 0) is 49.9 Å². The van der Waals surface area contributed by atoms with Gasteiger partial charge in [0, 0.05) is 6.42 Å². The molecular formula is C23H42O2. The molecule has 0 radical (unpaired) electrons. The Morgan fingerprint density at radius 3 is 2.20 bits per heavy atom. The van der Waals surface area contributed by atoms with E-state index >= 15 is 0 Å². The number of rotatable bonds is 10. The predicted octanol–water partition coefficient (Wildman–Crippen LogP) is 7.06. The largest absolute Gasteiger partial charge is 0.462 e. The van der Waals surface area contributed by atoms with Crippen LogP contribution in [0.5, 0.6) is 0 Å². The second kappa shape index (κ2) is 12.0. The lowest BCUT2D eigenvalue weighted by Crippen LogP contribution is -2.21. The minimum Gasteiger partial charge on any atom is -0.462 e. The molecule has 0 spiro atoms. The number of carbonyl (C=O) groups excluding carboxylic acids is 1. The fraction of sp³-hybridized carbons (Fsp3) is 0.957. The monoisotopic (exact) mass is 350 g/mol. The van der Waals surface area contributed by atoms with Crippen molar-refractivity contribution in [2.45, 2.75) is 123 Å². The summed E-state index contributed by atoms with van der Waals surface area (Å²) in [5.74, 6) is 2.68. The summed E-state index contributed by atoms with van der Waals surface area (Å²) in [6.45, 7) is 4.62. The fourth-order valence-corrected chi connectivity index (χ4v) is 4.76. The normalized spacial score (nSPS) is 26.3. The minimum atomic E-state index is 0.0511. The highest BCUT2D eigenvalue weighted by molar-refractivity contribution is 5.69. The second-order valence-corrected chi connectivity index (χ2v) is 9.00. The maximum absolute atomic E-state index is 12.0. The second-order valence-electron chi connectivity index (χ2n) is 9.00. The summed E-state index contributed by atoms with van der Waals surface area (Å²) in [7, 11) is 0. The van der Waals surface area contributed by atoms with Crippen LogP contribution in [0.25, 0.3) is 0 Å². The Hall–Kier alpha value is -0.530. The first-order valence-electron chi connectivity index (χ1n) is 11.4. The Bertz CT molecular complexity index is 351. The summed E-state index contributed by atoms with van der Waals surface area (Å²) in [5.41, 5.74) is 0. The van der Waals surface area contributed by atoms with Crippen LogP contribution >= 0.6 is 0 Å². The molecule has 2 nitrogen and oxygen atoms in total. The first kappa shape index (κ1) is 20.8. The van der Waals surface area contributed by atoms with Crippen molar-refractivity contribution in [3.63, 3.8) is 0 Å². The molecule has 1 atom stereocenters. The molecule has 1 unspecified atom stereocenters. The molecule has 0 aromatic heterocycles. The Labute approximate surface area is 156 Å². The molecule has 25 heavy (non-hydrogen) atoms. The molecule has 2 aliphatic carbocycles. The van der Waals surface area contributed by atoms with Crippen LogP contribution in [-0.4, -0.2) is 12.1 Å². The summed E-state index contributed by atoms with van der Waals surface area (Å²) in [6, 6.07) is 0. The third kappa shape index (κ3) is 8.60. The highest BCUT2D eigenvalue weighted by Crippen LogP contribution is 2.35. The maximum Gasteiger partial charge on any atom is 0.306 e. The molecule has 0 aromatic rings.